The Balaban J connectivity index is 1.66. The highest BCUT2D eigenvalue weighted by atomic mass is 35.5. The van der Waals surface area contributed by atoms with Gasteiger partial charge in [0.05, 0.1) is 21.6 Å². The van der Waals surface area contributed by atoms with Crippen molar-refractivity contribution in [3.8, 4) is 16.8 Å². The monoisotopic (exact) mass is 525 g/mol. The SMILES string of the molecule is CC(C)C(Nc1nc(N)ncc1-c1ccncc1)C(C)c1nc2cccc(Cl)c2c(=O)n1-c1ccccc1. The molecule has 0 radical (unpaired) electrons. The van der Waals surface area contributed by atoms with Gasteiger partial charge in [0.15, 0.2) is 0 Å². The van der Waals surface area contributed by atoms with Gasteiger partial charge in [-0.1, -0.05) is 56.6 Å². The van der Waals surface area contributed by atoms with E-state index in [9.17, 15) is 4.79 Å². The van der Waals surface area contributed by atoms with Gasteiger partial charge in [0.1, 0.15) is 11.6 Å². The van der Waals surface area contributed by atoms with E-state index in [1.807, 2.05) is 48.5 Å². The minimum absolute atomic E-state index is 0.141. The molecule has 192 valence electrons. The first-order valence-corrected chi connectivity index (χ1v) is 12.8. The third-order valence-corrected chi connectivity index (χ3v) is 6.97. The minimum Gasteiger partial charge on any atom is -0.368 e. The molecule has 0 spiro atoms. The molecule has 0 saturated carbocycles. The minimum atomic E-state index is -0.215. The zero-order chi connectivity index (χ0) is 26.8. The van der Waals surface area contributed by atoms with Crippen LogP contribution in [0.15, 0.2) is 84.0 Å². The standard InChI is InChI=1S/C29H28ClN7O/c1-17(2)25(35-26-21(16-33-29(31)36-26)19-12-14-32-15-13-19)18(3)27-34-23-11-7-10-22(30)24(23)28(38)37(27)20-8-5-4-6-9-20/h4-18,25H,1-3H3,(H3,31,33,35,36). The number of benzene rings is 2. The van der Waals surface area contributed by atoms with Gasteiger partial charge in [0.25, 0.3) is 5.56 Å². The molecule has 0 fully saturated rings. The van der Waals surface area contributed by atoms with Crippen LogP contribution in [0.5, 0.6) is 0 Å². The van der Waals surface area contributed by atoms with Crippen molar-refractivity contribution >= 4 is 34.3 Å². The number of aromatic nitrogens is 5. The van der Waals surface area contributed by atoms with Crippen LogP contribution < -0.4 is 16.6 Å². The quantitative estimate of drug-likeness (QED) is 0.280. The maximum atomic E-state index is 13.9. The third kappa shape index (κ3) is 4.82. The van der Waals surface area contributed by atoms with Gasteiger partial charge >= 0.3 is 0 Å². The zero-order valence-electron chi connectivity index (χ0n) is 21.3. The number of hydrogen-bond acceptors (Lipinski definition) is 7. The number of para-hydroxylation sites is 1. The largest absolute Gasteiger partial charge is 0.368 e. The molecular formula is C29H28ClN7O. The average molecular weight is 526 g/mol. The van der Waals surface area contributed by atoms with Crippen molar-refractivity contribution in [2.45, 2.75) is 32.7 Å². The summed E-state index contributed by atoms with van der Waals surface area (Å²) in [5.41, 5.74) is 8.79. The summed E-state index contributed by atoms with van der Waals surface area (Å²) in [5.74, 6) is 1.32. The Hall–Kier alpha value is -4.30. The van der Waals surface area contributed by atoms with E-state index < -0.39 is 0 Å². The van der Waals surface area contributed by atoms with Crippen LogP contribution >= 0.6 is 11.6 Å². The molecule has 38 heavy (non-hydrogen) atoms. The van der Waals surface area contributed by atoms with Crippen molar-refractivity contribution in [1.82, 2.24) is 24.5 Å². The summed E-state index contributed by atoms with van der Waals surface area (Å²) in [6, 6.07) is 18.5. The molecule has 2 atom stereocenters. The van der Waals surface area contributed by atoms with Crippen molar-refractivity contribution in [2.24, 2.45) is 5.92 Å². The van der Waals surface area contributed by atoms with E-state index in [1.165, 1.54) is 0 Å². The molecule has 0 amide bonds. The maximum Gasteiger partial charge on any atom is 0.267 e. The first-order chi connectivity index (χ1) is 18.3. The second-order valence-electron chi connectivity index (χ2n) is 9.51. The van der Waals surface area contributed by atoms with E-state index in [1.54, 1.807) is 35.3 Å². The van der Waals surface area contributed by atoms with Crippen LogP contribution in [0.4, 0.5) is 11.8 Å². The first-order valence-electron chi connectivity index (χ1n) is 12.4. The molecule has 5 aromatic rings. The van der Waals surface area contributed by atoms with Gasteiger partial charge in [-0.3, -0.25) is 14.3 Å². The number of fused-ring (bicyclic) bond motifs is 1. The maximum absolute atomic E-state index is 13.9. The highest BCUT2D eigenvalue weighted by Gasteiger charge is 2.29. The smallest absolute Gasteiger partial charge is 0.267 e. The Morgan fingerprint density at radius 1 is 0.947 bits per heavy atom. The Labute approximate surface area is 225 Å². The lowest BCUT2D eigenvalue weighted by atomic mass is 9.90. The highest BCUT2D eigenvalue weighted by molar-refractivity contribution is 6.35. The van der Waals surface area contributed by atoms with Gasteiger partial charge in [-0.2, -0.15) is 4.98 Å². The number of halogens is 1. The highest BCUT2D eigenvalue weighted by Crippen LogP contribution is 2.32. The van der Waals surface area contributed by atoms with Gasteiger partial charge < -0.3 is 11.1 Å². The Bertz CT molecular complexity index is 1640. The predicted molar refractivity (Wildman–Crippen MR) is 153 cm³/mol. The van der Waals surface area contributed by atoms with E-state index in [4.69, 9.17) is 22.3 Å². The van der Waals surface area contributed by atoms with E-state index in [2.05, 4.69) is 41.0 Å². The second kappa shape index (κ2) is 10.6. The van der Waals surface area contributed by atoms with Gasteiger partial charge in [0, 0.05) is 36.1 Å². The molecular weight excluding hydrogens is 498 g/mol. The van der Waals surface area contributed by atoms with E-state index in [-0.39, 0.29) is 29.4 Å². The number of nitrogens with one attached hydrogen (secondary N) is 1. The van der Waals surface area contributed by atoms with E-state index in [0.29, 0.717) is 27.6 Å². The Morgan fingerprint density at radius 2 is 1.68 bits per heavy atom. The fourth-order valence-corrected chi connectivity index (χ4v) is 5.03. The van der Waals surface area contributed by atoms with Crippen LogP contribution in [0.25, 0.3) is 27.7 Å². The molecule has 0 aliphatic heterocycles. The van der Waals surface area contributed by atoms with Gasteiger partial charge in [-0.05, 0) is 47.9 Å². The normalized spacial score (nSPS) is 13.0. The average Bonchev–Trinajstić information content (AvgIpc) is 2.92. The third-order valence-electron chi connectivity index (χ3n) is 6.65. The molecule has 0 bridgehead atoms. The molecule has 3 aromatic heterocycles. The lowest BCUT2D eigenvalue weighted by Crippen LogP contribution is -2.36. The fraction of sp³-hybridized carbons (Fsp3) is 0.207. The summed E-state index contributed by atoms with van der Waals surface area (Å²) < 4.78 is 1.66. The van der Waals surface area contributed by atoms with Crippen molar-refractivity contribution in [1.29, 1.82) is 0 Å². The molecule has 0 saturated heterocycles. The number of nitrogens with two attached hydrogens (primary N) is 1. The Morgan fingerprint density at radius 3 is 2.39 bits per heavy atom. The topological polar surface area (TPSA) is 112 Å². The number of nitrogen functional groups attached to an aromatic ring is 1. The first kappa shape index (κ1) is 25.4. The van der Waals surface area contributed by atoms with Gasteiger partial charge in [0.2, 0.25) is 5.95 Å². The van der Waals surface area contributed by atoms with Crippen LogP contribution in [0.3, 0.4) is 0 Å². The lowest BCUT2D eigenvalue weighted by Gasteiger charge is -2.31. The van der Waals surface area contributed by atoms with Crippen LogP contribution in [0, 0.1) is 5.92 Å². The number of nitrogens with zero attached hydrogens (tertiary/aromatic N) is 5. The lowest BCUT2D eigenvalue weighted by molar-refractivity contribution is 0.443. The van der Waals surface area contributed by atoms with Gasteiger partial charge in [-0.15, -0.1) is 0 Å². The molecule has 3 heterocycles. The summed E-state index contributed by atoms with van der Waals surface area (Å²) in [4.78, 5) is 31.7. The Kier molecular flexibility index (Phi) is 7.07. The van der Waals surface area contributed by atoms with Crippen molar-refractivity contribution in [3.05, 3.63) is 100 Å². The molecule has 0 aliphatic rings. The number of anilines is 2. The molecule has 3 N–H and O–H groups in total. The second-order valence-corrected chi connectivity index (χ2v) is 9.92. The molecule has 9 heteroatoms. The summed E-state index contributed by atoms with van der Waals surface area (Å²) >= 11 is 6.47. The van der Waals surface area contributed by atoms with Gasteiger partial charge in [-0.25, -0.2) is 9.97 Å². The van der Waals surface area contributed by atoms with Crippen molar-refractivity contribution in [3.63, 3.8) is 0 Å². The van der Waals surface area contributed by atoms with E-state index in [0.717, 1.165) is 16.8 Å². The molecule has 2 unspecified atom stereocenters. The van der Waals surface area contributed by atoms with Crippen LogP contribution in [-0.4, -0.2) is 30.5 Å². The summed E-state index contributed by atoms with van der Waals surface area (Å²) in [7, 11) is 0. The number of rotatable bonds is 7. The molecule has 0 aliphatic carbocycles. The molecule has 2 aromatic carbocycles. The van der Waals surface area contributed by atoms with Crippen LogP contribution in [0.2, 0.25) is 5.02 Å². The fourth-order valence-electron chi connectivity index (χ4n) is 4.77. The summed E-state index contributed by atoms with van der Waals surface area (Å²) in [6.07, 6.45) is 5.15. The summed E-state index contributed by atoms with van der Waals surface area (Å²) in [6.45, 7) is 6.30. The summed E-state index contributed by atoms with van der Waals surface area (Å²) in [5, 5.41) is 4.38. The number of hydrogen-bond donors (Lipinski definition) is 2. The molecule has 5 rings (SSSR count). The van der Waals surface area contributed by atoms with Crippen LogP contribution in [-0.2, 0) is 0 Å². The predicted octanol–water partition coefficient (Wildman–Crippen LogP) is 5.71. The number of pyridine rings is 1. The molecule has 8 nitrogen and oxygen atoms in total. The van der Waals surface area contributed by atoms with Crippen molar-refractivity contribution < 1.29 is 0 Å². The zero-order valence-corrected chi connectivity index (χ0v) is 22.1. The van der Waals surface area contributed by atoms with E-state index >= 15 is 0 Å². The van der Waals surface area contributed by atoms with Crippen LogP contribution in [0.1, 0.15) is 32.5 Å². The van der Waals surface area contributed by atoms with Crippen molar-refractivity contribution in [2.75, 3.05) is 11.1 Å².